The summed E-state index contributed by atoms with van der Waals surface area (Å²) < 4.78 is 8.61. The number of aromatic nitrogens is 1. The molecule has 5 aromatic carbocycles. The van der Waals surface area contributed by atoms with Gasteiger partial charge in [-0.1, -0.05) is 86.8 Å². The summed E-state index contributed by atoms with van der Waals surface area (Å²) in [7, 11) is 0. The van der Waals surface area contributed by atoms with Crippen molar-refractivity contribution in [1.29, 1.82) is 0 Å². The van der Waals surface area contributed by atoms with Gasteiger partial charge in [0.2, 0.25) is 0 Å². The summed E-state index contributed by atoms with van der Waals surface area (Å²) in [6.45, 7) is 2.70. The smallest absolute Gasteiger partial charge is 0.256 e. The molecule has 0 spiro atoms. The van der Waals surface area contributed by atoms with Gasteiger partial charge in [0, 0.05) is 28.4 Å². The first kappa shape index (κ1) is 26.5. The van der Waals surface area contributed by atoms with Crippen LogP contribution in [0.1, 0.15) is 54.8 Å². The van der Waals surface area contributed by atoms with Crippen LogP contribution in [0.15, 0.2) is 109 Å². The van der Waals surface area contributed by atoms with Crippen molar-refractivity contribution in [2.75, 3.05) is 11.4 Å². The van der Waals surface area contributed by atoms with Gasteiger partial charge in [0.1, 0.15) is 0 Å². The number of aliphatic hydroxyl groups is 1. The normalized spacial score (nSPS) is 15.4. The molecule has 0 saturated carbocycles. The van der Waals surface area contributed by atoms with Crippen LogP contribution >= 0.6 is 0 Å². The first-order valence-electron chi connectivity index (χ1n) is 15.5. The lowest BCUT2D eigenvalue weighted by molar-refractivity contribution is 0.0170. The lowest BCUT2D eigenvalue weighted by Crippen LogP contribution is -2.29. The van der Waals surface area contributed by atoms with E-state index in [4.69, 9.17) is 4.74 Å². The number of unbranched alkanes of at least 4 members (excludes halogenated alkanes) is 3. The Balaban J connectivity index is 1.41. The lowest BCUT2D eigenvalue weighted by atomic mass is 10.0. The molecule has 1 aromatic heterocycles. The lowest BCUT2D eigenvalue weighted by Gasteiger charge is -2.34. The van der Waals surface area contributed by atoms with Gasteiger partial charge >= 0.3 is 0 Å². The molecule has 1 atom stereocenters. The second-order valence-corrected chi connectivity index (χ2v) is 11.6. The minimum atomic E-state index is -1.00. The second-order valence-electron chi connectivity index (χ2n) is 11.6. The van der Waals surface area contributed by atoms with Crippen LogP contribution in [0.3, 0.4) is 0 Å². The zero-order valence-corrected chi connectivity index (χ0v) is 24.6. The summed E-state index contributed by atoms with van der Waals surface area (Å²) >= 11 is 0. The van der Waals surface area contributed by atoms with Crippen molar-refractivity contribution in [2.24, 2.45) is 0 Å². The number of aliphatic hydroxyl groups excluding tert-OH is 1. The molecular formula is C38H33N3O3. The van der Waals surface area contributed by atoms with Crippen LogP contribution in [0, 0.1) is 0 Å². The SMILES string of the molecule is CCCCCCN1C(=O)c2cc(-n3c4ccccc4c4ccccc43)c(N3c4ccccc4Oc4ccccc43)cc2C1O. The van der Waals surface area contributed by atoms with E-state index in [1.165, 1.54) is 0 Å². The van der Waals surface area contributed by atoms with E-state index in [-0.39, 0.29) is 5.91 Å². The van der Waals surface area contributed by atoms with E-state index in [2.05, 4.69) is 77.1 Å². The molecule has 2 aliphatic heterocycles. The fraction of sp³-hybridized carbons (Fsp3) is 0.184. The van der Waals surface area contributed by atoms with Crippen LogP contribution in [-0.4, -0.2) is 27.0 Å². The van der Waals surface area contributed by atoms with Crippen molar-refractivity contribution < 1.29 is 14.6 Å². The van der Waals surface area contributed by atoms with Crippen LogP contribution in [-0.2, 0) is 0 Å². The fourth-order valence-electron chi connectivity index (χ4n) is 6.86. The molecule has 3 heterocycles. The highest BCUT2D eigenvalue weighted by Crippen LogP contribution is 2.53. The second kappa shape index (κ2) is 10.6. The Morgan fingerprint density at radius 2 is 1.27 bits per heavy atom. The molecule has 6 aromatic rings. The Morgan fingerprint density at radius 1 is 0.682 bits per heavy atom. The molecule has 0 bridgehead atoms. The molecule has 6 heteroatoms. The molecule has 8 rings (SSSR count). The van der Waals surface area contributed by atoms with Crippen molar-refractivity contribution in [3.63, 3.8) is 0 Å². The maximum atomic E-state index is 13.9. The summed E-state index contributed by atoms with van der Waals surface area (Å²) in [4.78, 5) is 17.8. The van der Waals surface area contributed by atoms with Crippen molar-refractivity contribution in [3.05, 3.63) is 120 Å². The highest BCUT2D eigenvalue weighted by atomic mass is 16.5. The zero-order chi connectivity index (χ0) is 29.8. The highest BCUT2D eigenvalue weighted by Gasteiger charge is 2.38. The summed E-state index contributed by atoms with van der Waals surface area (Å²) in [6, 6.07) is 36.8. The van der Waals surface area contributed by atoms with E-state index in [0.717, 1.165) is 81.7 Å². The Hall–Kier alpha value is -5.07. The standard InChI is InChI=1S/C38H33N3O3/c1-2-3-4-13-22-39-37(42)27-23-33(40-29-16-7-5-14-25(29)26-15-6-8-17-30(26)40)34(24-28(27)38(39)43)41-31-18-9-11-20-35(31)44-36-21-12-10-19-32(36)41/h5-12,14-21,23-24,38,43H,2-4,13,22H2,1H3. The van der Waals surface area contributed by atoms with E-state index in [0.29, 0.717) is 17.7 Å². The number of hydrogen-bond acceptors (Lipinski definition) is 4. The van der Waals surface area contributed by atoms with Crippen LogP contribution < -0.4 is 9.64 Å². The number of benzene rings is 5. The summed E-state index contributed by atoms with van der Waals surface area (Å²) in [5.41, 5.74) is 6.78. The molecule has 0 radical (unpaired) electrons. The Kier molecular flexibility index (Phi) is 6.38. The Morgan fingerprint density at radius 3 is 1.91 bits per heavy atom. The first-order valence-corrected chi connectivity index (χ1v) is 15.5. The van der Waals surface area contributed by atoms with Crippen LogP contribution in [0.2, 0.25) is 0 Å². The monoisotopic (exact) mass is 579 g/mol. The fourth-order valence-corrected chi connectivity index (χ4v) is 6.86. The van der Waals surface area contributed by atoms with E-state index in [1.807, 2.05) is 48.5 Å². The van der Waals surface area contributed by atoms with Gasteiger partial charge in [0.05, 0.1) is 33.8 Å². The van der Waals surface area contributed by atoms with Crippen molar-refractivity contribution in [3.8, 4) is 17.2 Å². The van der Waals surface area contributed by atoms with Crippen molar-refractivity contribution in [1.82, 2.24) is 9.47 Å². The van der Waals surface area contributed by atoms with Gasteiger partial charge in [-0.3, -0.25) is 4.79 Å². The number of hydrogen-bond donors (Lipinski definition) is 1. The number of amides is 1. The Labute approximate surface area is 256 Å². The predicted octanol–water partition coefficient (Wildman–Crippen LogP) is 9.39. The summed E-state index contributed by atoms with van der Waals surface area (Å²) in [5.74, 6) is 1.36. The predicted molar refractivity (Wildman–Crippen MR) is 176 cm³/mol. The molecule has 218 valence electrons. The largest absolute Gasteiger partial charge is 0.453 e. The summed E-state index contributed by atoms with van der Waals surface area (Å²) in [5, 5.41) is 13.9. The number of para-hydroxylation sites is 6. The molecule has 0 fully saturated rings. The molecule has 44 heavy (non-hydrogen) atoms. The van der Waals surface area contributed by atoms with E-state index in [1.54, 1.807) is 4.90 Å². The molecule has 6 nitrogen and oxygen atoms in total. The van der Waals surface area contributed by atoms with Crippen LogP contribution in [0.4, 0.5) is 17.1 Å². The number of carbonyl (C=O) groups is 1. The topological polar surface area (TPSA) is 57.9 Å². The third kappa shape index (κ3) is 4.02. The van der Waals surface area contributed by atoms with Gasteiger partial charge in [-0.2, -0.15) is 0 Å². The third-order valence-electron chi connectivity index (χ3n) is 8.96. The number of nitrogens with zero attached hydrogens (tertiary/aromatic N) is 3. The number of rotatable bonds is 7. The van der Waals surface area contributed by atoms with E-state index in [9.17, 15) is 9.90 Å². The van der Waals surface area contributed by atoms with Gasteiger partial charge in [-0.05, 0) is 55.0 Å². The average Bonchev–Trinajstić information content (AvgIpc) is 3.51. The quantitative estimate of drug-likeness (QED) is 0.191. The maximum absolute atomic E-state index is 13.9. The van der Waals surface area contributed by atoms with Crippen LogP contribution in [0.25, 0.3) is 27.5 Å². The van der Waals surface area contributed by atoms with Gasteiger partial charge in [-0.25, -0.2) is 0 Å². The minimum Gasteiger partial charge on any atom is -0.453 e. The Bertz CT molecular complexity index is 1960. The molecular weight excluding hydrogens is 546 g/mol. The molecule has 1 N–H and O–H groups in total. The van der Waals surface area contributed by atoms with Gasteiger partial charge < -0.3 is 24.2 Å². The van der Waals surface area contributed by atoms with E-state index >= 15 is 0 Å². The molecule has 0 aliphatic carbocycles. The molecule has 2 aliphatic rings. The van der Waals surface area contributed by atoms with Crippen molar-refractivity contribution >= 4 is 44.8 Å². The third-order valence-corrected chi connectivity index (χ3v) is 8.96. The van der Waals surface area contributed by atoms with Gasteiger partial charge in [0.25, 0.3) is 5.91 Å². The molecule has 1 amide bonds. The molecule has 1 unspecified atom stereocenters. The van der Waals surface area contributed by atoms with Gasteiger partial charge in [0.15, 0.2) is 17.7 Å². The van der Waals surface area contributed by atoms with Crippen LogP contribution in [0.5, 0.6) is 11.5 Å². The number of ether oxygens (including phenoxy) is 1. The number of fused-ring (bicyclic) bond motifs is 6. The van der Waals surface area contributed by atoms with Gasteiger partial charge in [-0.15, -0.1) is 0 Å². The maximum Gasteiger partial charge on any atom is 0.256 e. The summed E-state index contributed by atoms with van der Waals surface area (Å²) in [6.07, 6.45) is 3.12. The van der Waals surface area contributed by atoms with E-state index < -0.39 is 6.23 Å². The highest BCUT2D eigenvalue weighted by molar-refractivity contribution is 6.10. The van der Waals surface area contributed by atoms with Crippen molar-refractivity contribution in [2.45, 2.75) is 38.8 Å². The average molecular weight is 580 g/mol. The molecule has 0 saturated heterocycles. The minimum absolute atomic E-state index is 0.125. The number of carbonyl (C=O) groups excluding carboxylic acids is 1. The first-order chi connectivity index (χ1) is 21.7. The zero-order valence-electron chi connectivity index (χ0n) is 24.6. The number of anilines is 3.